The number of carbonyl (C=O) groups excluding carboxylic acids is 4. The summed E-state index contributed by atoms with van der Waals surface area (Å²) in [5.41, 5.74) is 6.48. The Kier molecular flexibility index (Phi) is 15.5. The van der Waals surface area contributed by atoms with E-state index in [9.17, 15) is 43.8 Å². The van der Waals surface area contributed by atoms with Crippen LogP contribution in [0.5, 0.6) is 0 Å². The van der Waals surface area contributed by atoms with Gasteiger partial charge < -0.3 is 42.3 Å². The summed E-state index contributed by atoms with van der Waals surface area (Å²) in [6.45, 7) is 6.61. The summed E-state index contributed by atoms with van der Waals surface area (Å²) >= 11 is 0. The van der Waals surface area contributed by atoms with Crippen LogP contribution in [0.25, 0.3) is 0 Å². The van der Waals surface area contributed by atoms with Crippen LogP contribution in [0, 0.1) is 11.8 Å². The van der Waals surface area contributed by atoms with Crippen LogP contribution in [0.2, 0.25) is 0 Å². The van der Waals surface area contributed by atoms with Crippen molar-refractivity contribution in [1.82, 2.24) is 21.3 Å². The summed E-state index contributed by atoms with van der Waals surface area (Å²) in [7, 11) is 0. The number of nitrogens with one attached hydrogen (secondary N) is 4. The molecule has 15 nitrogen and oxygen atoms in total. The lowest BCUT2D eigenvalue weighted by Crippen LogP contribution is -2.59. The van der Waals surface area contributed by atoms with Crippen LogP contribution in [-0.2, 0) is 40.0 Å². The Morgan fingerprint density at radius 3 is 1.73 bits per heavy atom. The predicted molar refractivity (Wildman–Crippen MR) is 157 cm³/mol. The fourth-order valence-electron chi connectivity index (χ4n) is 4.15. The monoisotopic (exact) mass is 621 g/mol. The van der Waals surface area contributed by atoms with Gasteiger partial charge in [0.05, 0.1) is 12.5 Å². The largest absolute Gasteiger partial charge is 0.481 e. The maximum atomic E-state index is 13.5. The van der Waals surface area contributed by atoms with Crippen LogP contribution in [0.1, 0.15) is 58.9 Å². The standard InChI is InChI=1S/C29H43N5O10/c1-15(2)12-19(26(40)33-21(14-23(37)38)28(42)34-24(16(3)4)29(43)44)32-27(41)20(13-17-8-6-5-7-9-17)31-25(39)18(30)10-11-22(35)36/h5-9,15-16,18-21,24H,10-14,30H2,1-4H3,(H,31,39)(H,32,41)(H,33,40)(H,34,42)(H,35,36)(H,37,38)(H,43,44). The molecule has 9 N–H and O–H groups in total. The van der Waals surface area contributed by atoms with Gasteiger partial charge in [0, 0.05) is 12.8 Å². The molecule has 0 heterocycles. The Morgan fingerprint density at radius 1 is 0.705 bits per heavy atom. The molecule has 1 aromatic carbocycles. The molecule has 15 heteroatoms. The molecule has 44 heavy (non-hydrogen) atoms. The molecule has 0 saturated heterocycles. The van der Waals surface area contributed by atoms with Crippen LogP contribution < -0.4 is 27.0 Å². The van der Waals surface area contributed by atoms with Crippen molar-refractivity contribution in [2.75, 3.05) is 0 Å². The first-order valence-corrected chi connectivity index (χ1v) is 14.2. The number of nitrogens with two attached hydrogens (primary N) is 1. The second-order valence-electron chi connectivity index (χ2n) is 11.2. The van der Waals surface area contributed by atoms with Crippen molar-refractivity contribution in [3.05, 3.63) is 35.9 Å². The van der Waals surface area contributed by atoms with Crippen LogP contribution in [0.3, 0.4) is 0 Å². The maximum absolute atomic E-state index is 13.5. The number of benzene rings is 1. The molecule has 0 aromatic heterocycles. The van der Waals surface area contributed by atoms with E-state index in [1.54, 1.807) is 58.0 Å². The van der Waals surface area contributed by atoms with Crippen molar-refractivity contribution >= 4 is 41.5 Å². The lowest BCUT2D eigenvalue weighted by molar-refractivity contribution is -0.144. The number of amides is 4. The van der Waals surface area contributed by atoms with Crippen molar-refractivity contribution < 1.29 is 48.9 Å². The molecule has 0 fully saturated rings. The van der Waals surface area contributed by atoms with Gasteiger partial charge in [-0.3, -0.25) is 28.8 Å². The molecule has 5 unspecified atom stereocenters. The molecule has 1 aromatic rings. The van der Waals surface area contributed by atoms with E-state index in [1.807, 2.05) is 0 Å². The highest BCUT2D eigenvalue weighted by molar-refractivity contribution is 5.96. The van der Waals surface area contributed by atoms with Gasteiger partial charge in [-0.25, -0.2) is 4.79 Å². The van der Waals surface area contributed by atoms with E-state index in [2.05, 4.69) is 21.3 Å². The number of hydrogen-bond donors (Lipinski definition) is 8. The minimum absolute atomic E-state index is 0.00406. The number of hydrogen-bond acceptors (Lipinski definition) is 8. The smallest absolute Gasteiger partial charge is 0.326 e. The van der Waals surface area contributed by atoms with Crippen molar-refractivity contribution in [3.63, 3.8) is 0 Å². The maximum Gasteiger partial charge on any atom is 0.326 e. The first-order valence-electron chi connectivity index (χ1n) is 14.2. The second-order valence-corrected chi connectivity index (χ2v) is 11.2. The Bertz CT molecular complexity index is 1170. The SMILES string of the molecule is CC(C)CC(NC(=O)C(Cc1ccccc1)NC(=O)C(N)CCC(=O)O)C(=O)NC(CC(=O)O)C(=O)NC(C(=O)O)C(C)C. The Hall–Kier alpha value is -4.53. The fraction of sp³-hybridized carbons (Fsp3) is 0.552. The van der Waals surface area contributed by atoms with Gasteiger partial charge in [-0.1, -0.05) is 58.0 Å². The first-order chi connectivity index (χ1) is 20.5. The molecule has 244 valence electrons. The van der Waals surface area contributed by atoms with Gasteiger partial charge >= 0.3 is 17.9 Å². The molecule has 0 aliphatic rings. The lowest BCUT2D eigenvalue weighted by Gasteiger charge is -2.27. The van der Waals surface area contributed by atoms with Crippen molar-refractivity contribution in [2.45, 2.75) is 90.0 Å². The molecule has 4 amide bonds. The average Bonchev–Trinajstić information content (AvgIpc) is 2.92. The van der Waals surface area contributed by atoms with E-state index in [0.29, 0.717) is 5.56 Å². The number of aliphatic carboxylic acids is 3. The Morgan fingerprint density at radius 2 is 1.23 bits per heavy atom. The molecular weight excluding hydrogens is 578 g/mol. The van der Waals surface area contributed by atoms with Crippen LogP contribution in [-0.4, -0.2) is 87.1 Å². The highest BCUT2D eigenvalue weighted by Gasteiger charge is 2.33. The molecule has 0 radical (unpaired) electrons. The zero-order valence-corrected chi connectivity index (χ0v) is 25.2. The van der Waals surface area contributed by atoms with E-state index in [1.165, 1.54) is 0 Å². The number of carboxylic acid groups (broad SMARTS) is 3. The topological polar surface area (TPSA) is 254 Å². The van der Waals surface area contributed by atoms with Crippen molar-refractivity contribution in [3.8, 4) is 0 Å². The quantitative estimate of drug-likeness (QED) is 0.0988. The van der Waals surface area contributed by atoms with Gasteiger partial charge in [0.25, 0.3) is 0 Å². The van der Waals surface area contributed by atoms with Gasteiger partial charge in [0.1, 0.15) is 24.2 Å². The molecule has 0 bridgehead atoms. The van der Waals surface area contributed by atoms with E-state index in [-0.39, 0.29) is 31.6 Å². The summed E-state index contributed by atoms with van der Waals surface area (Å²) < 4.78 is 0. The third-order valence-electron chi connectivity index (χ3n) is 6.50. The van der Waals surface area contributed by atoms with Crippen LogP contribution >= 0.6 is 0 Å². The zero-order chi connectivity index (χ0) is 33.6. The van der Waals surface area contributed by atoms with Crippen LogP contribution in [0.4, 0.5) is 0 Å². The van der Waals surface area contributed by atoms with E-state index in [4.69, 9.17) is 10.8 Å². The molecule has 0 spiro atoms. The number of carboxylic acids is 3. The van der Waals surface area contributed by atoms with E-state index >= 15 is 0 Å². The third-order valence-corrected chi connectivity index (χ3v) is 6.50. The summed E-state index contributed by atoms with van der Waals surface area (Å²) in [5.74, 6) is -8.10. The highest BCUT2D eigenvalue weighted by Crippen LogP contribution is 2.10. The molecule has 0 aliphatic heterocycles. The van der Waals surface area contributed by atoms with Gasteiger partial charge in [0.2, 0.25) is 23.6 Å². The fourth-order valence-corrected chi connectivity index (χ4v) is 4.15. The van der Waals surface area contributed by atoms with Gasteiger partial charge in [-0.05, 0) is 30.2 Å². The second kappa shape index (κ2) is 18.2. The van der Waals surface area contributed by atoms with Gasteiger partial charge in [0.15, 0.2) is 0 Å². The average molecular weight is 622 g/mol. The number of carbonyl (C=O) groups is 7. The summed E-state index contributed by atoms with van der Waals surface area (Å²) in [6, 6.07) is 1.91. The number of rotatable bonds is 19. The summed E-state index contributed by atoms with van der Waals surface area (Å²) in [5, 5.41) is 37.3. The van der Waals surface area contributed by atoms with Gasteiger partial charge in [-0.2, -0.15) is 0 Å². The summed E-state index contributed by atoms with van der Waals surface area (Å²) in [4.78, 5) is 86.3. The van der Waals surface area contributed by atoms with Crippen molar-refractivity contribution in [1.29, 1.82) is 0 Å². The Labute approximate surface area is 255 Å². The normalized spacial score (nSPS) is 14.4. The van der Waals surface area contributed by atoms with Gasteiger partial charge in [-0.15, -0.1) is 0 Å². The molecule has 5 atom stereocenters. The van der Waals surface area contributed by atoms with Crippen molar-refractivity contribution in [2.24, 2.45) is 17.6 Å². The highest BCUT2D eigenvalue weighted by atomic mass is 16.4. The predicted octanol–water partition coefficient (Wildman–Crippen LogP) is -0.378. The van der Waals surface area contributed by atoms with E-state index in [0.717, 1.165) is 0 Å². The minimum Gasteiger partial charge on any atom is -0.481 e. The minimum atomic E-state index is -1.65. The zero-order valence-electron chi connectivity index (χ0n) is 25.2. The third kappa shape index (κ3) is 13.6. The molecular formula is C29H43N5O10. The first kappa shape index (κ1) is 37.5. The van der Waals surface area contributed by atoms with E-state index < -0.39 is 84.1 Å². The lowest BCUT2D eigenvalue weighted by atomic mass is 10.00. The molecule has 1 rings (SSSR count). The van der Waals surface area contributed by atoms with Crippen LogP contribution in [0.15, 0.2) is 30.3 Å². The summed E-state index contributed by atoms with van der Waals surface area (Å²) in [6.07, 6.45) is -1.34. The molecule has 0 aliphatic carbocycles. The molecule has 0 saturated carbocycles. The Balaban J connectivity index is 3.22.